The normalized spacial score (nSPS) is 17.8. The Hall–Kier alpha value is -5.12. The Balaban J connectivity index is 1.39. The zero-order chi connectivity index (χ0) is 41.4. The molecule has 0 saturated heterocycles. The van der Waals surface area contributed by atoms with E-state index in [-0.39, 0.29) is 63.6 Å². The first-order valence-electron chi connectivity index (χ1n) is 17.5. The van der Waals surface area contributed by atoms with Crippen molar-refractivity contribution in [1.29, 1.82) is 0 Å². The number of fused-ring (bicyclic) bond motifs is 4. The minimum atomic E-state index is -3.83. The number of nitrogens with one attached hydrogen (secondary N) is 2. The predicted octanol–water partition coefficient (Wildman–Crippen LogP) is 6.89. The fourth-order valence-corrected chi connectivity index (χ4v) is 8.33. The van der Waals surface area contributed by atoms with Crippen LogP contribution in [-0.2, 0) is 40.8 Å². The summed E-state index contributed by atoms with van der Waals surface area (Å²) >= 11 is 6.58. The average Bonchev–Trinajstić information content (AvgIpc) is 3.63. The van der Waals surface area contributed by atoms with Crippen LogP contribution in [0.4, 0.5) is 32.2 Å². The number of pyridine rings is 1. The lowest BCUT2D eigenvalue weighted by Gasteiger charge is -2.34. The Morgan fingerprint density at radius 2 is 1.75 bits per heavy atom. The first kappa shape index (κ1) is 40.1. The zero-order valence-corrected chi connectivity index (χ0v) is 32.2. The highest BCUT2D eigenvalue weighted by Crippen LogP contribution is 2.63. The monoisotopic (exact) mass is 833 g/mol. The Bertz CT molecular complexity index is 2610. The summed E-state index contributed by atoms with van der Waals surface area (Å²) in [6.07, 6.45) is -2.19. The lowest BCUT2D eigenvalue weighted by Crippen LogP contribution is -2.36. The number of hydrogen-bond acceptors (Lipinski definition) is 7. The fourth-order valence-electron chi connectivity index (χ4n) is 7.60. The predicted molar refractivity (Wildman–Crippen MR) is 198 cm³/mol. The van der Waals surface area contributed by atoms with Crippen LogP contribution in [0.2, 0.25) is 5.02 Å². The van der Waals surface area contributed by atoms with Crippen LogP contribution in [0.25, 0.3) is 22.0 Å². The van der Waals surface area contributed by atoms with Crippen molar-refractivity contribution >= 4 is 44.3 Å². The molecule has 3 aromatic heterocycles. The summed E-state index contributed by atoms with van der Waals surface area (Å²) in [6.45, 7) is 1.96. The van der Waals surface area contributed by atoms with Crippen molar-refractivity contribution in [3.05, 3.63) is 93.0 Å². The molecule has 0 spiro atoms. The fraction of sp³-hybridized carbons (Fsp3) is 0.368. The molecule has 3 atom stereocenters. The SMILES string of the molecule is Cn1nc(NS(C)(=O)=O)c2c(Cl)ccc(-c3ccc(C#CC(C)(C)O)nc3C(Cc3cc(F)cc(F)c3)NC(=O)Cn3nc(C(F)F)c4c3C(F)(F)C3CCC43)c21. The van der Waals surface area contributed by atoms with Crippen LogP contribution < -0.4 is 10.0 Å². The molecule has 2 aliphatic carbocycles. The van der Waals surface area contributed by atoms with E-state index in [9.17, 15) is 35.9 Å². The molecule has 1 saturated carbocycles. The number of carbonyl (C=O) groups excluding carboxylic acids is 1. The molecule has 300 valence electrons. The van der Waals surface area contributed by atoms with Crippen LogP contribution >= 0.6 is 11.6 Å². The number of alkyl halides is 4. The second-order valence-corrected chi connectivity index (χ2v) is 16.9. The maximum absolute atomic E-state index is 15.6. The van der Waals surface area contributed by atoms with Gasteiger partial charge in [-0.05, 0) is 80.8 Å². The van der Waals surface area contributed by atoms with Gasteiger partial charge in [-0.2, -0.15) is 19.0 Å². The Morgan fingerprint density at radius 3 is 2.37 bits per heavy atom. The van der Waals surface area contributed by atoms with Gasteiger partial charge >= 0.3 is 0 Å². The molecular formula is C38H34ClF6N7O4S. The number of carbonyl (C=O) groups is 1. The van der Waals surface area contributed by atoms with E-state index in [0.717, 1.165) is 18.4 Å². The highest BCUT2D eigenvalue weighted by Gasteiger charge is 2.62. The standard InChI is InChI=1S/C38H34ClF6N7O4S/c1-37(2,54)12-11-21-5-6-22(23-8-10-26(39)30-33(23)51(3)49-36(30)50-57(4,55)56)31(46-21)27(15-18-13-19(40)16-20(41)14-18)47-28(53)17-52-34-29(32(48-52)35(42)43)24-7-9-25(24)38(34,44)45/h5-6,8,10,13-14,16,24-25,27,35,54H,7,9,15,17H2,1-4H3,(H,47,53)(H,49,50). The number of benzene rings is 2. The minimum absolute atomic E-state index is 0.0281. The molecule has 1 amide bonds. The molecule has 3 unspecified atom stereocenters. The smallest absolute Gasteiger partial charge is 0.293 e. The van der Waals surface area contributed by atoms with Gasteiger partial charge in [0.2, 0.25) is 15.9 Å². The second-order valence-electron chi connectivity index (χ2n) is 14.7. The molecule has 2 aromatic carbocycles. The highest BCUT2D eigenvalue weighted by molar-refractivity contribution is 7.92. The third-order valence-corrected chi connectivity index (χ3v) is 10.8. The number of halogens is 7. The number of aryl methyl sites for hydroxylation is 1. The van der Waals surface area contributed by atoms with E-state index in [2.05, 4.69) is 32.1 Å². The summed E-state index contributed by atoms with van der Waals surface area (Å²) in [4.78, 5) is 18.7. The van der Waals surface area contributed by atoms with Gasteiger partial charge in [0.15, 0.2) is 5.82 Å². The molecule has 2 aliphatic rings. The van der Waals surface area contributed by atoms with Crippen molar-refractivity contribution in [1.82, 2.24) is 29.9 Å². The lowest BCUT2D eigenvalue weighted by molar-refractivity contribution is -0.123. The van der Waals surface area contributed by atoms with Gasteiger partial charge in [0.05, 0.1) is 33.9 Å². The van der Waals surface area contributed by atoms with Crippen molar-refractivity contribution in [2.45, 2.75) is 69.6 Å². The minimum Gasteiger partial charge on any atom is -0.378 e. The molecule has 0 radical (unpaired) electrons. The molecule has 57 heavy (non-hydrogen) atoms. The number of aromatic nitrogens is 5. The molecule has 7 rings (SSSR count). The molecule has 11 nitrogen and oxygen atoms in total. The second kappa shape index (κ2) is 14.4. The number of hydrogen-bond donors (Lipinski definition) is 3. The quantitative estimate of drug-likeness (QED) is 0.103. The van der Waals surface area contributed by atoms with Crippen molar-refractivity contribution in [2.24, 2.45) is 13.0 Å². The topological polar surface area (TPSA) is 144 Å². The van der Waals surface area contributed by atoms with Crippen LogP contribution in [0.15, 0.2) is 42.5 Å². The first-order chi connectivity index (χ1) is 26.6. The summed E-state index contributed by atoms with van der Waals surface area (Å²) in [5, 5.41) is 21.4. The van der Waals surface area contributed by atoms with Gasteiger partial charge in [0, 0.05) is 35.7 Å². The van der Waals surface area contributed by atoms with Gasteiger partial charge in [0.1, 0.15) is 40.9 Å². The zero-order valence-electron chi connectivity index (χ0n) is 30.6. The molecule has 1 fully saturated rings. The van der Waals surface area contributed by atoms with E-state index in [1.807, 2.05) is 0 Å². The average molecular weight is 834 g/mol. The molecule has 0 aliphatic heterocycles. The first-order valence-corrected chi connectivity index (χ1v) is 19.8. The molecule has 3 heterocycles. The number of sulfonamides is 1. The summed E-state index contributed by atoms with van der Waals surface area (Å²) in [6, 6.07) is 7.49. The van der Waals surface area contributed by atoms with Gasteiger partial charge in [-0.1, -0.05) is 23.6 Å². The summed E-state index contributed by atoms with van der Waals surface area (Å²) in [7, 11) is -2.30. The van der Waals surface area contributed by atoms with Crippen molar-refractivity contribution in [3.8, 4) is 23.0 Å². The number of amides is 1. The number of anilines is 1. The molecule has 0 bridgehead atoms. The maximum Gasteiger partial charge on any atom is 0.293 e. The number of aliphatic hydroxyl groups is 1. The van der Waals surface area contributed by atoms with Gasteiger partial charge in [-0.15, -0.1) is 0 Å². The summed E-state index contributed by atoms with van der Waals surface area (Å²) in [5.41, 5.74) is -2.20. The van der Waals surface area contributed by atoms with Crippen LogP contribution in [0, 0.1) is 29.4 Å². The molecular weight excluding hydrogens is 800 g/mol. The Kier molecular flexibility index (Phi) is 10.1. The van der Waals surface area contributed by atoms with Crippen LogP contribution in [0.1, 0.15) is 79.0 Å². The van der Waals surface area contributed by atoms with E-state index in [1.165, 1.54) is 37.7 Å². The molecule has 5 aromatic rings. The Morgan fingerprint density at radius 1 is 1.07 bits per heavy atom. The van der Waals surface area contributed by atoms with Crippen LogP contribution in [0.3, 0.4) is 0 Å². The van der Waals surface area contributed by atoms with E-state index in [0.29, 0.717) is 21.8 Å². The van der Waals surface area contributed by atoms with E-state index < -0.39 is 81.3 Å². The van der Waals surface area contributed by atoms with Gasteiger partial charge in [-0.3, -0.25) is 18.9 Å². The summed E-state index contributed by atoms with van der Waals surface area (Å²) < 4.78 is 117. The largest absolute Gasteiger partial charge is 0.378 e. The van der Waals surface area contributed by atoms with Gasteiger partial charge in [0.25, 0.3) is 12.3 Å². The third kappa shape index (κ3) is 7.80. The molecule has 19 heteroatoms. The van der Waals surface area contributed by atoms with E-state index >= 15 is 8.78 Å². The van der Waals surface area contributed by atoms with Gasteiger partial charge in [-0.25, -0.2) is 31.0 Å². The Labute approximate surface area is 327 Å². The van der Waals surface area contributed by atoms with Crippen molar-refractivity contribution < 1.29 is 44.7 Å². The highest BCUT2D eigenvalue weighted by atomic mass is 35.5. The van der Waals surface area contributed by atoms with Crippen LogP contribution in [-0.4, -0.2) is 55.8 Å². The number of rotatable bonds is 10. The number of nitrogens with zero attached hydrogens (tertiary/aromatic N) is 5. The van der Waals surface area contributed by atoms with Crippen molar-refractivity contribution in [3.63, 3.8) is 0 Å². The van der Waals surface area contributed by atoms with E-state index in [4.69, 9.17) is 16.6 Å². The lowest BCUT2D eigenvalue weighted by atomic mass is 9.73. The van der Waals surface area contributed by atoms with Gasteiger partial charge < -0.3 is 10.4 Å². The van der Waals surface area contributed by atoms with Crippen LogP contribution in [0.5, 0.6) is 0 Å². The molecule has 3 N–H and O–H groups in total. The third-order valence-electron chi connectivity index (χ3n) is 9.90. The van der Waals surface area contributed by atoms with Crippen molar-refractivity contribution in [2.75, 3.05) is 11.0 Å². The summed E-state index contributed by atoms with van der Waals surface area (Å²) in [5.74, 6) is -3.06. The maximum atomic E-state index is 15.6. The van der Waals surface area contributed by atoms with E-state index in [1.54, 1.807) is 12.1 Å².